The van der Waals surface area contributed by atoms with E-state index in [1.165, 1.54) is 12.1 Å². The molecule has 184 valence electrons. The SMILES string of the molecule is NCCC[C@H]1N[C@@H](CNC(=O)c2ccc3ccccc3c2)CCN(Cc2cc(F)cc(F)c2)C1=O. The van der Waals surface area contributed by atoms with Gasteiger partial charge < -0.3 is 21.3 Å². The third-order valence-electron chi connectivity index (χ3n) is 6.31. The molecule has 0 saturated carbocycles. The molecule has 2 amide bonds. The van der Waals surface area contributed by atoms with Crippen LogP contribution in [-0.2, 0) is 11.3 Å². The Morgan fingerprint density at radius 1 is 1.06 bits per heavy atom. The summed E-state index contributed by atoms with van der Waals surface area (Å²) < 4.78 is 27.3. The smallest absolute Gasteiger partial charge is 0.251 e. The summed E-state index contributed by atoms with van der Waals surface area (Å²) in [6.45, 7) is 1.31. The van der Waals surface area contributed by atoms with Crippen molar-refractivity contribution in [2.75, 3.05) is 19.6 Å². The first-order valence-corrected chi connectivity index (χ1v) is 11.9. The van der Waals surface area contributed by atoms with Gasteiger partial charge in [-0.2, -0.15) is 0 Å². The lowest BCUT2D eigenvalue weighted by Gasteiger charge is -2.25. The highest BCUT2D eigenvalue weighted by Gasteiger charge is 2.30. The number of halogens is 2. The van der Waals surface area contributed by atoms with E-state index < -0.39 is 17.7 Å². The second-order valence-corrected chi connectivity index (χ2v) is 8.95. The number of amides is 2. The molecule has 1 heterocycles. The molecule has 1 saturated heterocycles. The molecule has 8 heteroatoms. The van der Waals surface area contributed by atoms with Gasteiger partial charge in [-0.15, -0.1) is 0 Å². The number of hydrogen-bond acceptors (Lipinski definition) is 4. The molecule has 1 fully saturated rings. The number of carbonyl (C=O) groups is 2. The molecule has 0 unspecified atom stereocenters. The van der Waals surface area contributed by atoms with E-state index in [2.05, 4.69) is 10.6 Å². The summed E-state index contributed by atoms with van der Waals surface area (Å²) in [7, 11) is 0. The second-order valence-electron chi connectivity index (χ2n) is 8.95. The standard InChI is InChI=1S/C27H30F2N4O2/c28-22-12-18(13-23(29)15-22)17-33-11-9-24(32-25(27(33)35)6-3-10-30)16-31-26(34)21-8-7-19-4-1-2-5-20(19)14-21/h1-2,4-5,7-8,12-15,24-25,32H,3,6,9-11,16-17,30H2,(H,31,34)/t24-,25-/m1/s1. The maximum absolute atomic E-state index is 13.7. The Balaban J connectivity index is 1.43. The van der Waals surface area contributed by atoms with Crippen LogP contribution in [0.15, 0.2) is 60.7 Å². The lowest BCUT2D eigenvalue weighted by molar-refractivity contribution is -0.133. The van der Waals surface area contributed by atoms with Crippen molar-refractivity contribution in [2.45, 2.75) is 37.9 Å². The fraction of sp³-hybridized carbons (Fsp3) is 0.333. The van der Waals surface area contributed by atoms with Crippen LogP contribution in [-0.4, -0.2) is 48.4 Å². The Labute approximate surface area is 203 Å². The fourth-order valence-electron chi connectivity index (χ4n) is 4.50. The van der Waals surface area contributed by atoms with Crippen molar-refractivity contribution in [3.05, 3.63) is 83.4 Å². The van der Waals surface area contributed by atoms with Crippen LogP contribution in [0.4, 0.5) is 8.78 Å². The van der Waals surface area contributed by atoms with Crippen molar-refractivity contribution in [3.8, 4) is 0 Å². The van der Waals surface area contributed by atoms with Crippen molar-refractivity contribution in [1.82, 2.24) is 15.5 Å². The molecule has 0 aliphatic carbocycles. The third kappa shape index (κ3) is 6.41. The highest BCUT2D eigenvalue weighted by molar-refractivity contribution is 5.98. The normalized spacial score (nSPS) is 18.5. The number of nitrogens with zero attached hydrogens (tertiary/aromatic N) is 1. The average molecular weight is 481 g/mol. The van der Waals surface area contributed by atoms with E-state index in [0.717, 1.165) is 16.8 Å². The first-order valence-electron chi connectivity index (χ1n) is 11.9. The van der Waals surface area contributed by atoms with E-state index in [9.17, 15) is 18.4 Å². The van der Waals surface area contributed by atoms with Gasteiger partial charge in [0.1, 0.15) is 11.6 Å². The molecular formula is C27H30F2N4O2. The van der Waals surface area contributed by atoms with Gasteiger partial charge in [0.15, 0.2) is 0 Å². The van der Waals surface area contributed by atoms with Gasteiger partial charge in [-0.1, -0.05) is 30.3 Å². The summed E-state index contributed by atoms with van der Waals surface area (Å²) in [5.41, 5.74) is 6.64. The van der Waals surface area contributed by atoms with Gasteiger partial charge in [-0.25, -0.2) is 8.78 Å². The van der Waals surface area contributed by atoms with Crippen LogP contribution in [0.1, 0.15) is 35.2 Å². The molecule has 35 heavy (non-hydrogen) atoms. The lowest BCUT2D eigenvalue weighted by Crippen LogP contribution is -2.48. The molecule has 4 N–H and O–H groups in total. The van der Waals surface area contributed by atoms with Crippen molar-refractivity contribution in [3.63, 3.8) is 0 Å². The first-order chi connectivity index (χ1) is 16.9. The fourth-order valence-corrected chi connectivity index (χ4v) is 4.50. The number of rotatable bonds is 8. The van der Waals surface area contributed by atoms with Crippen LogP contribution >= 0.6 is 0 Å². The zero-order valence-corrected chi connectivity index (χ0v) is 19.5. The number of benzene rings is 3. The van der Waals surface area contributed by atoms with Crippen LogP contribution in [0.2, 0.25) is 0 Å². The minimum atomic E-state index is -0.672. The van der Waals surface area contributed by atoms with Gasteiger partial charge in [0.25, 0.3) is 5.91 Å². The van der Waals surface area contributed by atoms with Gasteiger partial charge in [0.2, 0.25) is 5.91 Å². The summed E-state index contributed by atoms with van der Waals surface area (Å²) in [5.74, 6) is -1.66. The minimum absolute atomic E-state index is 0.116. The largest absolute Gasteiger partial charge is 0.350 e. The van der Waals surface area contributed by atoms with E-state index in [1.807, 2.05) is 36.4 Å². The predicted molar refractivity (Wildman–Crippen MR) is 132 cm³/mol. The summed E-state index contributed by atoms with van der Waals surface area (Å²) in [4.78, 5) is 27.6. The van der Waals surface area contributed by atoms with Gasteiger partial charge >= 0.3 is 0 Å². The first kappa shape index (κ1) is 24.8. The van der Waals surface area contributed by atoms with Gasteiger partial charge in [0, 0.05) is 37.3 Å². The van der Waals surface area contributed by atoms with E-state index >= 15 is 0 Å². The second kappa shape index (κ2) is 11.4. The summed E-state index contributed by atoms with van der Waals surface area (Å²) in [6.07, 6.45) is 1.78. The van der Waals surface area contributed by atoms with Crippen molar-refractivity contribution in [2.24, 2.45) is 5.73 Å². The minimum Gasteiger partial charge on any atom is -0.350 e. The highest BCUT2D eigenvalue weighted by Crippen LogP contribution is 2.18. The molecule has 1 aliphatic rings. The molecule has 0 aromatic heterocycles. The van der Waals surface area contributed by atoms with Crippen LogP contribution < -0.4 is 16.4 Å². The Hall–Kier alpha value is -3.36. The number of nitrogens with two attached hydrogens (primary N) is 1. The zero-order chi connectivity index (χ0) is 24.8. The summed E-state index contributed by atoms with van der Waals surface area (Å²) >= 11 is 0. The number of carbonyl (C=O) groups excluding carboxylic acids is 2. The van der Waals surface area contributed by atoms with Crippen LogP contribution in [0.3, 0.4) is 0 Å². The summed E-state index contributed by atoms with van der Waals surface area (Å²) in [5, 5.41) is 8.40. The number of fused-ring (bicyclic) bond motifs is 1. The molecule has 0 bridgehead atoms. The topological polar surface area (TPSA) is 87.5 Å². The van der Waals surface area contributed by atoms with E-state index in [0.29, 0.717) is 50.0 Å². The Bertz CT molecular complexity index is 1180. The van der Waals surface area contributed by atoms with E-state index in [4.69, 9.17) is 5.73 Å². The Morgan fingerprint density at radius 3 is 2.54 bits per heavy atom. The quantitative estimate of drug-likeness (QED) is 0.462. The molecule has 6 nitrogen and oxygen atoms in total. The Kier molecular flexibility index (Phi) is 8.05. The van der Waals surface area contributed by atoms with E-state index in [-0.39, 0.29) is 24.4 Å². The van der Waals surface area contributed by atoms with Gasteiger partial charge in [-0.3, -0.25) is 9.59 Å². The molecule has 2 atom stereocenters. The molecular weight excluding hydrogens is 450 g/mol. The molecule has 3 aromatic carbocycles. The van der Waals surface area contributed by atoms with Crippen molar-refractivity contribution >= 4 is 22.6 Å². The summed E-state index contributed by atoms with van der Waals surface area (Å²) in [6, 6.07) is 16.1. The average Bonchev–Trinajstić information content (AvgIpc) is 2.99. The maximum atomic E-state index is 13.7. The highest BCUT2D eigenvalue weighted by atomic mass is 19.1. The van der Waals surface area contributed by atoms with Crippen LogP contribution in [0, 0.1) is 11.6 Å². The monoisotopic (exact) mass is 480 g/mol. The van der Waals surface area contributed by atoms with Crippen molar-refractivity contribution in [1.29, 1.82) is 0 Å². The van der Waals surface area contributed by atoms with Crippen molar-refractivity contribution < 1.29 is 18.4 Å². The third-order valence-corrected chi connectivity index (χ3v) is 6.31. The van der Waals surface area contributed by atoms with E-state index in [1.54, 1.807) is 11.0 Å². The molecule has 1 aliphatic heterocycles. The zero-order valence-electron chi connectivity index (χ0n) is 19.5. The van der Waals surface area contributed by atoms with Crippen LogP contribution in [0.5, 0.6) is 0 Å². The van der Waals surface area contributed by atoms with Crippen LogP contribution in [0.25, 0.3) is 10.8 Å². The Morgan fingerprint density at radius 2 is 1.80 bits per heavy atom. The molecule has 3 aromatic rings. The predicted octanol–water partition coefficient (Wildman–Crippen LogP) is 3.35. The maximum Gasteiger partial charge on any atom is 0.251 e. The molecule has 4 rings (SSSR count). The van der Waals surface area contributed by atoms with Gasteiger partial charge in [0.05, 0.1) is 6.04 Å². The lowest BCUT2D eigenvalue weighted by atomic mass is 10.1. The molecule has 0 spiro atoms. The molecule has 0 radical (unpaired) electrons. The number of hydrogen-bond donors (Lipinski definition) is 3. The van der Waals surface area contributed by atoms with Gasteiger partial charge in [-0.05, 0) is 66.4 Å². The number of nitrogens with one attached hydrogen (secondary N) is 2.